The number of primary amides is 1. The third-order valence-electron chi connectivity index (χ3n) is 4.99. The molecule has 12 nitrogen and oxygen atoms in total. The molecule has 1 aliphatic rings. The average Bonchev–Trinajstić information content (AvgIpc) is 3.18. The number of likely N-dealkylation sites (tertiary alicyclic amines) is 1. The standard InChI is InChI=1S/C19H33N5O7/c1-10(2)8-13(18(29)24-7-3-4-14(24)19(30)31)23-17(28)12(5-6-15(21)26)22-16(27)11(20)9-25/h10-14,25H,3-9,20H2,1-2H3,(H2,21,26)(H,22,27)(H,23,28)(H,30,31). The van der Waals surface area contributed by atoms with Crippen LogP contribution in [0.2, 0.25) is 0 Å². The highest BCUT2D eigenvalue weighted by molar-refractivity contribution is 5.94. The Labute approximate surface area is 180 Å². The molecule has 4 amide bonds. The minimum Gasteiger partial charge on any atom is -0.480 e. The molecule has 8 N–H and O–H groups in total. The summed E-state index contributed by atoms with van der Waals surface area (Å²) in [5.74, 6) is -3.84. The Kier molecular flexibility index (Phi) is 10.4. The molecule has 0 aromatic carbocycles. The van der Waals surface area contributed by atoms with Gasteiger partial charge in [0, 0.05) is 13.0 Å². The quantitative estimate of drug-likeness (QED) is 0.192. The van der Waals surface area contributed by atoms with Crippen LogP contribution in [-0.4, -0.2) is 82.0 Å². The molecule has 0 spiro atoms. The van der Waals surface area contributed by atoms with Crippen LogP contribution < -0.4 is 22.1 Å². The molecule has 0 saturated carbocycles. The maximum absolute atomic E-state index is 13.0. The second-order valence-corrected chi connectivity index (χ2v) is 8.07. The molecule has 1 saturated heterocycles. The van der Waals surface area contributed by atoms with Crippen molar-refractivity contribution < 1.29 is 34.2 Å². The lowest BCUT2D eigenvalue weighted by atomic mass is 10.0. The largest absolute Gasteiger partial charge is 0.480 e. The first kappa shape index (κ1) is 26.3. The van der Waals surface area contributed by atoms with Gasteiger partial charge in [-0.1, -0.05) is 13.8 Å². The van der Waals surface area contributed by atoms with E-state index in [4.69, 9.17) is 16.6 Å². The molecular formula is C19H33N5O7. The molecule has 0 aliphatic carbocycles. The van der Waals surface area contributed by atoms with Gasteiger partial charge in [0.15, 0.2) is 0 Å². The van der Waals surface area contributed by atoms with Crippen LogP contribution in [0.3, 0.4) is 0 Å². The minimum atomic E-state index is -1.27. The smallest absolute Gasteiger partial charge is 0.326 e. The number of nitrogens with two attached hydrogens (primary N) is 2. The molecule has 12 heteroatoms. The predicted octanol–water partition coefficient (Wildman–Crippen LogP) is -2.34. The maximum Gasteiger partial charge on any atom is 0.326 e. The van der Waals surface area contributed by atoms with E-state index in [9.17, 15) is 29.1 Å². The number of carbonyl (C=O) groups is 5. The van der Waals surface area contributed by atoms with E-state index < -0.39 is 60.4 Å². The number of nitrogens with one attached hydrogen (secondary N) is 2. The molecule has 4 unspecified atom stereocenters. The molecule has 4 atom stereocenters. The zero-order chi connectivity index (χ0) is 23.7. The van der Waals surface area contributed by atoms with Crippen molar-refractivity contribution in [3.8, 4) is 0 Å². The van der Waals surface area contributed by atoms with Gasteiger partial charge < -0.3 is 37.2 Å². The lowest BCUT2D eigenvalue weighted by Crippen LogP contribution is -2.57. The van der Waals surface area contributed by atoms with Crippen LogP contribution in [-0.2, 0) is 24.0 Å². The number of hydrogen-bond acceptors (Lipinski definition) is 7. The number of hydrogen-bond donors (Lipinski definition) is 6. The fraction of sp³-hybridized carbons (Fsp3) is 0.737. The van der Waals surface area contributed by atoms with Crippen LogP contribution in [0.1, 0.15) is 46.0 Å². The Bertz CT molecular complexity index is 685. The number of carboxylic acid groups (broad SMARTS) is 1. The summed E-state index contributed by atoms with van der Waals surface area (Å²) in [4.78, 5) is 61.8. The number of rotatable bonds is 12. The summed E-state index contributed by atoms with van der Waals surface area (Å²) < 4.78 is 0. The van der Waals surface area contributed by atoms with Gasteiger partial charge in [-0.15, -0.1) is 0 Å². The van der Waals surface area contributed by atoms with E-state index in [2.05, 4.69) is 10.6 Å². The van der Waals surface area contributed by atoms with Crippen LogP contribution in [0.15, 0.2) is 0 Å². The number of aliphatic hydroxyl groups is 1. The second kappa shape index (κ2) is 12.2. The van der Waals surface area contributed by atoms with Crippen LogP contribution in [0.5, 0.6) is 0 Å². The highest BCUT2D eigenvalue weighted by Gasteiger charge is 2.38. The highest BCUT2D eigenvalue weighted by atomic mass is 16.4. The summed E-state index contributed by atoms with van der Waals surface area (Å²) in [7, 11) is 0. The SMILES string of the molecule is CC(C)CC(NC(=O)C(CCC(N)=O)NC(=O)C(N)CO)C(=O)N1CCCC1C(=O)O. The molecule has 1 rings (SSSR count). The van der Waals surface area contributed by atoms with Gasteiger partial charge in [0.25, 0.3) is 0 Å². The summed E-state index contributed by atoms with van der Waals surface area (Å²) in [6, 6.07) is -4.44. The molecule has 176 valence electrons. The van der Waals surface area contributed by atoms with Gasteiger partial charge in [0.1, 0.15) is 24.2 Å². The van der Waals surface area contributed by atoms with Crippen molar-refractivity contribution in [3.05, 3.63) is 0 Å². The molecule has 0 bridgehead atoms. The minimum absolute atomic E-state index is 0.00148. The summed E-state index contributed by atoms with van der Waals surface area (Å²) in [6.45, 7) is 3.32. The molecule has 0 aromatic rings. The molecule has 31 heavy (non-hydrogen) atoms. The number of aliphatic hydroxyl groups excluding tert-OH is 1. The topological polar surface area (TPSA) is 205 Å². The van der Waals surface area contributed by atoms with E-state index in [1.165, 1.54) is 4.90 Å². The van der Waals surface area contributed by atoms with Crippen LogP contribution in [0, 0.1) is 5.92 Å². The first-order valence-corrected chi connectivity index (χ1v) is 10.3. The van der Waals surface area contributed by atoms with E-state index in [0.29, 0.717) is 12.8 Å². The van der Waals surface area contributed by atoms with Gasteiger partial charge in [-0.3, -0.25) is 19.2 Å². The Morgan fingerprint density at radius 3 is 2.23 bits per heavy atom. The first-order chi connectivity index (χ1) is 14.5. The number of nitrogens with zero attached hydrogens (tertiary/aromatic N) is 1. The van der Waals surface area contributed by atoms with Crippen molar-refractivity contribution in [2.45, 2.75) is 70.1 Å². The number of aliphatic carboxylic acids is 1. The molecule has 1 aliphatic heterocycles. The van der Waals surface area contributed by atoms with Crippen molar-refractivity contribution in [3.63, 3.8) is 0 Å². The predicted molar refractivity (Wildman–Crippen MR) is 109 cm³/mol. The first-order valence-electron chi connectivity index (χ1n) is 10.3. The van der Waals surface area contributed by atoms with Crippen molar-refractivity contribution in [1.29, 1.82) is 0 Å². The molecule has 1 fully saturated rings. The molecule has 0 radical (unpaired) electrons. The Morgan fingerprint density at radius 2 is 1.71 bits per heavy atom. The fourth-order valence-corrected chi connectivity index (χ4v) is 3.37. The van der Waals surface area contributed by atoms with E-state index in [0.717, 1.165) is 0 Å². The average molecular weight is 444 g/mol. The third-order valence-corrected chi connectivity index (χ3v) is 4.99. The van der Waals surface area contributed by atoms with E-state index >= 15 is 0 Å². The number of carbonyl (C=O) groups excluding carboxylic acids is 4. The second-order valence-electron chi connectivity index (χ2n) is 8.07. The lowest BCUT2D eigenvalue weighted by molar-refractivity contribution is -0.149. The monoisotopic (exact) mass is 443 g/mol. The van der Waals surface area contributed by atoms with Gasteiger partial charge in [0.2, 0.25) is 23.6 Å². The summed E-state index contributed by atoms with van der Waals surface area (Å²) in [5.41, 5.74) is 10.6. The van der Waals surface area contributed by atoms with Crippen molar-refractivity contribution in [2.24, 2.45) is 17.4 Å². The normalized spacial score (nSPS) is 18.9. The van der Waals surface area contributed by atoms with Crippen LogP contribution >= 0.6 is 0 Å². The van der Waals surface area contributed by atoms with E-state index in [1.807, 2.05) is 13.8 Å². The van der Waals surface area contributed by atoms with Crippen molar-refractivity contribution in [2.75, 3.05) is 13.2 Å². The van der Waals surface area contributed by atoms with Gasteiger partial charge >= 0.3 is 5.97 Å². The van der Waals surface area contributed by atoms with Gasteiger partial charge in [-0.05, 0) is 31.6 Å². The van der Waals surface area contributed by atoms with Gasteiger partial charge in [-0.2, -0.15) is 0 Å². The van der Waals surface area contributed by atoms with Crippen molar-refractivity contribution in [1.82, 2.24) is 15.5 Å². The summed E-state index contributed by atoms with van der Waals surface area (Å²) >= 11 is 0. The van der Waals surface area contributed by atoms with E-state index in [-0.39, 0.29) is 31.7 Å². The number of carboxylic acids is 1. The Hall–Kier alpha value is -2.73. The van der Waals surface area contributed by atoms with Gasteiger partial charge in [0.05, 0.1) is 6.61 Å². The molecule has 0 aromatic heterocycles. The van der Waals surface area contributed by atoms with Crippen LogP contribution in [0.4, 0.5) is 0 Å². The molecule has 1 heterocycles. The fourth-order valence-electron chi connectivity index (χ4n) is 3.37. The maximum atomic E-state index is 13.0. The number of amides is 4. The third kappa shape index (κ3) is 8.13. The van der Waals surface area contributed by atoms with Gasteiger partial charge in [-0.25, -0.2) is 4.79 Å². The Balaban J connectivity index is 3.00. The highest BCUT2D eigenvalue weighted by Crippen LogP contribution is 2.20. The Morgan fingerprint density at radius 1 is 1.10 bits per heavy atom. The zero-order valence-corrected chi connectivity index (χ0v) is 17.9. The van der Waals surface area contributed by atoms with Crippen LogP contribution in [0.25, 0.3) is 0 Å². The zero-order valence-electron chi connectivity index (χ0n) is 17.9. The molecular weight excluding hydrogens is 410 g/mol. The summed E-state index contributed by atoms with van der Waals surface area (Å²) in [6.07, 6.45) is 0.791. The van der Waals surface area contributed by atoms with Crippen molar-refractivity contribution >= 4 is 29.6 Å². The van der Waals surface area contributed by atoms with E-state index in [1.54, 1.807) is 0 Å². The summed E-state index contributed by atoms with van der Waals surface area (Å²) in [5, 5.41) is 23.3. The lowest BCUT2D eigenvalue weighted by Gasteiger charge is -2.29.